The number of aryl methyl sites for hydroxylation is 2. The van der Waals surface area contributed by atoms with E-state index in [2.05, 4.69) is 15.2 Å². The van der Waals surface area contributed by atoms with Crippen LogP contribution in [0.15, 0.2) is 28.7 Å². The van der Waals surface area contributed by atoms with Crippen molar-refractivity contribution in [2.24, 2.45) is 0 Å². The van der Waals surface area contributed by atoms with Crippen LogP contribution in [-0.2, 0) is 11.2 Å². The van der Waals surface area contributed by atoms with Crippen LogP contribution in [0.25, 0.3) is 22.9 Å². The van der Waals surface area contributed by atoms with Crippen molar-refractivity contribution in [3.63, 3.8) is 0 Å². The summed E-state index contributed by atoms with van der Waals surface area (Å²) in [7, 11) is 1.60. The molecule has 8 nitrogen and oxygen atoms in total. The van der Waals surface area contributed by atoms with E-state index < -0.39 is 5.97 Å². The van der Waals surface area contributed by atoms with Crippen LogP contribution in [0, 0.1) is 6.92 Å². The van der Waals surface area contributed by atoms with Gasteiger partial charge < -0.3 is 19.0 Å². The number of methoxy groups -OCH3 is 1. The van der Waals surface area contributed by atoms with Crippen molar-refractivity contribution in [1.82, 2.24) is 15.2 Å². The third kappa shape index (κ3) is 4.59. The van der Waals surface area contributed by atoms with Gasteiger partial charge in [-0.25, -0.2) is 9.78 Å². The summed E-state index contributed by atoms with van der Waals surface area (Å²) in [4.78, 5) is 15.5. The Morgan fingerprint density at radius 3 is 2.44 bits per heavy atom. The standard InChI is InChI=1S/C24H27N3O5/c1-4-15-10-17(9-14(2)22(15)31-13-21(28)29)23-26-27-24(32-23)18-11-19(16-7-5-6-8-16)25-20(12-18)30-3/h9-12,16H,4-8,13H2,1-3H3,(H,28,29). The summed E-state index contributed by atoms with van der Waals surface area (Å²) in [5.41, 5.74) is 4.24. The van der Waals surface area contributed by atoms with Crippen LogP contribution in [0.3, 0.4) is 0 Å². The first kappa shape index (κ1) is 21.8. The second kappa shape index (κ2) is 9.38. The Kier molecular flexibility index (Phi) is 6.39. The fourth-order valence-corrected chi connectivity index (χ4v) is 4.21. The predicted molar refractivity (Wildman–Crippen MR) is 118 cm³/mol. The number of hydrogen-bond acceptors (Lipinski definition) is 7. The van der Waals surface area contributed by atoms with Gasteiger partial charge >= 0.3 is 5.97 Å². The zero-order valence-electron chi connectivity index (χ0n) is 18.6. The Morgan fingerprint density at radius 1 is 1.12 bits per heavy atom. The first-order valence-corrected chi connectivity index (χ1v) is 10.9. The molecule has 3 aromatic rings. The van der Waals surface area contributed by atoms with Crippen LogP contribution in [0.5, 0.6) is 11.6 Å². The van der Waals surface area contributed by atoms with Gasteiger partial charge in [-0.3, -0.25) is 0 Å². The second-order valence-corrected chi connectivity index (χ2v) is 8.03. The summed E-state index contributed by atoms with van der Waals surface area (Å²) >= 11 is 0. The average Bonchev–Trinajstić information content (AvgIpc) is 3.50. The molecule has 4 rings (SSSR count). The van der Waals surface area contributed by atoms with E-state index in [-0.39, 0.29) is 6.61 Å². The molecule has 8 heteroatoms. The molecule has 1 saturated carbocycles. The molecule has 168 valence electrons. The van der Waals surface area contributed by atoms with Gasteiger partial charge in [0.05, 0.1) is 7.11 Å². The molecule has 1 aromatic carbocycles. The maximum Gasteiger partial charge on any atom is 0.341 e. The lowest BCUT2D eigenvalue weighted by atomic mass is 10.0. The molecule has 0 amide bonds. The highest BCUT2D eigenvalue weighted by molar-refractivity contribution is 5.69. The molecule has 2 aromatic heterocycles. The Balaban J connectivity index is 1.66. The number of ether oxygens (including phenoxy) is 2. The third-order valence-electron chi connectivity index (χ3n) is 5.80. The monoisotopic (exact) mass is 437 g/mol. The summed E-state index contributed by atoms with van der Waals surface area (Å²) in [6.45, 7) is 3.48. The van der Waals surface area contributed by atoms with Gasteiger partial charge in [0.2, 0.25) is 17.7 Å². The van der Waals surface area contributed by atoms with E-state index in [1.807, 2.05) is 32.0 Å². The molecule has 1 aliphatic rings. The minimum Gasteiger partial charge on any atom is -0.481 e. The number of carboxylic acids is 1. The fourth-order valence-electron chi connectivity index (χ4n) is 4.21. The van der Waals surface area contributed by atoms with E-state index in [1.165, 1.54) is 12.8 Å². The van der Waals surface area contributed by atoms with E-state index in [0.717, 1.165) is 40.8 Å². The zero-order chi connectivity index (χ0) is 22.7. The molecule has 1 fully saturated rings. The van der Waals surface area contributed by atoms with E-state index in [9.17, 15) is 4.79 Å². The summed E-state index contributed by atoms with van der Waals surface area (Å²) in [6, 6.07) is 7.59. The first-order chi connectivity index (χ1) is 15.5. The topological polar surface area (TPSA) is 108 Å². The Morgan fingerprint density at radius 2 is 1.81 bits per heavy atom. The largest absolute Gasteiger partial charge is 0.481 e. The molecule has 1 N–H and O–H groups in total. The fraction of sp³-hybridized carbons (Fsp3) is 0.417. The highest BCUT2D eigenvalue weighted by Crippen LogP contribution is 2.37. The Labute approximate surface area is 186 Å². The highest BCUT2D eigenvalue weighted by atomic mass is 16.5. The first-order valence-electron chi connectivity index (χ1n) is 10.9. The van der Waals surface area contributed by atoms with Gasteiger partial charge in [-0.1, -0.05) is 19.8 Å². The summed E-state index contributed by atoms with van der Waals surface area (Å²) in [5.74, 6) is 1.33. The van der Waals surface area contributed by atoms with Crippen molar-refractivity contribution in [1.29, 1.82) is 0 Å². The quantitative estimate of drug-likeness (QED) is 0.535. The van der Waals surface area contributed by atoms with Crippen molar-refractivity contribution in [2.75, 3.05) is 13.7 Å². The lowest BCUT2D eigenvalue weighted by Gasteiger charge is -2.13. The molecular weight excluding hydrogens is 410 g/mol. The van der Waals surface area contributed by atoms with Crippen LogP contribution in [0.4, 0.5) is 0 Å². The number of pyridine rings is 1. The Bertz CT molecular complexity index is 1120. The number of nitrogens with zero attached hydrogens (tertiary/aromatic N) is 3. The van der Waals surface area contributed by atoms with E-state index in [1.54, 1.807) is 13.2 Å². The summed E-state index contributed by atoms with van der Waals surface area (Å²) in [6.07, 6.45) is 5.37. The van der Waals surface area contributed by atoms with Crippen LogP contribution < -0.4 is 9.47 Å². The van der Waals surface area contributed by atoms with Crippen molar-refractivity contribution in [2.45, 2.75) is 51.9 Å². The third-order valence-corrected chi connectivity index (χ3v) is 5.80. The van der Waals surface area contributed by atoms with Crippen molar-refractivity contribution in [3.8, 4) is 34.5 Å². The molecule has 0 radical (unpaired) electrons. The van der Waals surface area contributed by atoms with E-state index in [0.29, 0.717) is 35.7 Å². The van der Waals surface area contributed by atoms with Crippen LogP contribution in [-0.4, -0.2) is 40.0 Å². The van der Waals surface area contributed by atoms with Gasteiger partial charge in [-0.05, 0) is 55.5 Å². The highest BCUT2D eigenvalue weighted by Gasteiger charge is 2.22. The molecule has 2 heterocycles. The van der Waals surface area contributed by atoms with E-state index in [4.69, 9.17) is 19.0 Å². The van der Waals surface area contributed by atoms with Gasteiger partial charge in [-0.2, -0.15) is 0 Å². The number of carbonyl (C=O) groups is 1. The molecule has 0 saturated heterocycles. The Hall–Kier alpha value is -3.42. The van der Waals surface area contributed by atoms with Gasteiger partial charge in [0, 0.05) is 28.8 Å². The number of aromatic nitrogens is 3. The summed E-state index contributed by atoms with van der Waals surface area (Å²) < 4.78 is 16.9. The minimum absolute atomic E-state index is 0.384. The van der Waals surface area contributed by atoms with Gasteiger partial charge in [0.15, 0.2) is 6.61 Å². The SMILES string of the molecule is CCc1cc(-c2nnc(-c3cc(OC)nc(C4CCCC4)c3)o2)cc(C)c1OCC(=O)O. The maximum absolute atomic E-state index is 10.9. The van der Waals surface area contributed by atoms with Gasteiger partial charge in [-0.15, -0.1) is 10.2 Å². The van der Waals surface area contributed by atoms with E-state index >= 15 is 0 Å². The predicted octanol–water partition coefficient (Wildman–Crippen LogP) is 4.80. The molecule has 0 bridgehead atoms. The van der Waals surface area contributed by atoms with Crippen LogP contribution in [0.1, 0.15) is 55.3 Å². The van der Waals surface area contributed by atoms with Gasteiger partial charge in [0.1, 0.15) is 5.75 Å². The molecule has 1 aliphatic carbocycles. The van der Waals surface area contributed by atoms with Crippen molar-refractivity contribution < 1.29 is 23.8 Å². The number of rotatable bonds is 8. The number of benzene rings is 1. The van der Waals surface area contributed by atoms with Crippen LogP contribution in [0.2, 0.25) is 0 Å². The molecule has 32 heavy (non-hydrogen) atoms. The van der Waals surface area contributed by atoms with Crippen molar-refractivity contribution in [3.05, 3.63) is 41.1 Å². The molecular formula is C24H27N3O5. The van der Waals surface area contributed by atoms with Gasteiger partial charge in [0.25, 0.3) is 0 Å². The number of aliphatic carboxylic acids is 1. The number of carboxylic acid groups (broad SMARTS) is 1. The smallest absolute Gasteiger partial charge is 0.341 e. The lowest BCUT2D eigenvalue weighted by molar-refractivity contribution is -0.139. The van der Waals surface area contributed by atoms with Crippen molar-refractivity contribution >= 4 is 5.97 Å². The molecule has 0 aliphatic heterocycles. The lowest BCUT2D eigenvalue weighted by Crippen LogP contribution is -2.11. The number of hydrogen-bond donors (Lipinski definition) is 1. The maximum atomic E-state index is 10.9. The molecule has 0 spiro atoms. The zero-order valence-corrected chi connectivity index (χ0v) is 18.6. The molecule has 0 atom stereocenters. The average molecular weight is 437 g/mol. The minimum atomic E-state index is -1.01. The second-order valence-electron chi connectivity index (χ2n) is 8.03. The summed E-state index contributed by atoms with van der Waals surface area (Å²) in [5, 5.41) is 17.4. The molecule has 0 unspecified atom stereocenters. The van der Waals surface area contributed by atoms with Crippen LogP contribution >= 0.6 is 0 Å². The normalized spacial score (nSPS) is 14.0.